The van der Waals surface area contributed by atoms with Crippen molar-refractivity contribution in [2.45, 2.75) is 101 Å². The van der Waals surface area contributed by atoms with Crippen LogP contribution >= 0.6 is 22.7 Å². The Labute approximate surface area is 337 Å². The Morgan fingerprint density at radius 2 is 1.33 bits per heavy atom. The number of carbonyl (C=O) groups is 1. The van der Waals surface area contributed by atoms with E-state index in [9.17, 15) is 4.79 Å². The zero-order chi connectivity index (χ0) is 38.4. The van der Waals surface area contributed by atoms with Gasteiger partial charge in [-0.2, -0.15) is 20.2 Å². The van der Waals surface area contributed by atoms with Gasteiger partial charge in [-0.3, -0.25) is 10.2 Å². The summed E-state index contributed by atoms with van der Waals surface area (Å²) in [4.78, 5) is 38.4. The number of piperazine rings is 2. The quantitative estimate of drug-likeness (QED) is 0.108. The van der Waals surface area contributed by atoms with Gasteiger partial charge in [-0.25, -0.2) is 14.8 Å². The van der Waals surface area contributed by atoms with E-state index in [1.165, 1.54) is 43.5 Å². The van der Waals surface area contributed by atoms with E-state index in [0.717, 1.165) is 69.2 Å². The number of nitrogens with zero attached hydrogens (tertiary/aromatic N) is 9. The van der Waals surface area contributed by atoms with Crippen LogP contribution in [0.4, 0.5) is 40.0 Å². The van der Waals surface area contributed by atoms with E-state index in [1.54, 1.807) is 22.7 Å². The van der Waals surface area contributed by atoms with Gasteiger partial charge in [-0.05, 0) is 82.2 Å². The lowest BCUT2D eigenvalue weighted by Crippen LogP contribution is -2.50. The summed E-state index contributed by atoms with van der Waals surface area (Å²) in [7, 11) is 0. The minimum absolute atomic E-state index is 0.125. The van der Waals surface area contributed by atoms with Gasteiger partial charge in [0.25, 0.3) is 0 Å². The lowest BCUT2D eigenvalue weighted by Gasteiger charge is -2.35. The number of rotatable bonds is 8. The SMILES string of the molecule is CC(C)(C)OC(=O)N1C[C@@H]2C[C@H]1CN2c1nc(Nc2cc(C3CC3)[nH]n2)c2sccc2n1.c1cc2nc(N3C[C@@H]4C[C@H]3CN4)nc(Nc3cc(C4CC4)[nH]n3)c2s1. The first kappa shape index (κ1) is 35.1. The molecule has 6 aromatic heterocycles. The molecule has 57 heavy (non-hydrogen) atoms. The van der Waals surface area contributed by atoms with Crippen molar-refractivity contribution in [1.82, 2.24) is 50.5 Å². The number of aromatic nitrogens is 8. The average molecular weight is 807 g/mol. The standard InChI is InChI=1S/C22H27N7O2S.C17H19N7S/c1-22(2,3)31-21(30)29-11-13-8-14(29)10-28(13)20-23-15-6-7-32-18(15)19(25-20)24-17-9-16(26-27-17)12-4-5-12;1-2-9(1)13-6-14(23-22-13)20-16-15-12(3-4-25-15)19-17(21-16)24-8-10-5-11(24)7-18-10/h6-7,9,12-14H,4-5,8,10-11H2,1-3H3,(H2,23,24,25,26,27);3-4,6,9-11,18H,1-2,5,7-8H2,(H2,19,20,21,22,23)/t13-,14-;10-,11-/m00/s1. The van der Waals surface area contributed by atoms with Gasteiger partial charge in [-0.15, -0.1) is 22.7 Å². The van der Waals surface area contributed by atoms with E-state index in [1.807, 2.05) is 37.1 Å². The fourth-order valence-electron chi connectivity index (χ4n) is 8.64. The largest absolute Gasteiger partial charge is 0.444 e. The number of carbonyl (C=O) groups excluding carboxylic acids is 1. The molecule has 6 fully saturated rings. The Morgan fingerprint density at radius 3 is 1.81 bits per heavy atom. The molecule has 4 aliphatic heterocycles. The number of aromatic amines is 2. The molecule has 296 valence electrons. The number of hydrogen-bond acceptors (Lipinski definition) is 15. The predicted octanol–water partition coefficient (Wildman–Crippen LogP) is 6.82. The Kier molecular flexibility index (Phi) is 8.33. The summed E-state index contributed by atoms with van der Waals surface area (Å²) in [5.41, 5.74) is 3.85. The third-order valence-corrected chi connectivity index (χ3v) is 13.6. The molecule has 12 rings (SSSR count). The normalized spacial score (nSPS) is 23.8. The number of hydrogen-bond donors (Lipinski definition) is 5. The molecule has 4 saturated heterocycles. The fraction of sp³-hybridized carbons (Fsp3) is 0.513. The van der Waals surface area contributed by atoms with Crippen LogP contribution in [0.15, 0.2) is 35.0 Å². The van der Waals surface area contributed by atoms with E-state index in [4.69, 9.17) is 24.7 Å². The zero-order valence-corrected chi connectivity index (χ0v) is 33.8. The van der Waals surface area contributed by atoms with Crippen molar-refractivity contribution in [2.75, 3.05) is 46.6 Å². The van der Waals surface area contributed by atoms with Gasteiger partial charge >= 0.3 is 6.09 Å². The highest BCUT2D eigenvalue weighted by atomic mass is 32.1. The van der Waals surface area contributed by atoms with E-state index < -0.39 is 5.60 Å². The molecule has 0 radical (unpaired) electrons. The van der Waals surface area contributed by atoms with Crippen molar-refractivity contribution in [2.24, 2.45) is 0 Å². The second-order valence-corrected chi connectivity index (χ2v) is 19.0. The molecule has 2 saturated carbocycles. The molecule has 4 bridgehead atoms. The summed E-state index contributed by atoms with van der Waals surface area (Å²) < 4.78 is 7.69. The Morgan fingerprint density at radius 1 is 0.754 bits per heavy atom. The zero-order valence-electron chi connectivity index (χ0n) is 32.2. The fourth-order valence-corrected chi connectivity index (χ4v) is 10.2. The average Bonchev–Trinajstić information content (AvgIpc) is 3.71. The first-order valence-electron chi connectivity index (χ1n) is 20.1. The number of likely N-dealkylation sites (tertiary alicyclic amines) is 1. The molecule has 6 aromatic rings. The maximum absolute atomic E-state index is 12.6. The van der Waals surface area contributed by atoms with Crippen LogP contribution in [0, 0.1) is 0 Å². The number of thiophene rings is 2. The van der Waals surface area contributed by atoms with E-state index >= 15 is 0 Å². The Hall–Kier alpha value is -5.07. The highest BCUT2D eigenvalue weighted by Gasteiger charge is 2.47. The molecule has 16 nitrogen and oxygen atoms in total. The van der Waals surface area contributed by atoms with Crippen molar-refractivity contribution in [3.8, 4) is 0 Å². The van der Waals surface area contributed by atoms with E-state index in [-0.39, 0.29) is 18.2 Å². The second kappa shape index (κ2) is 13.5. The second-order valence-electron chi connectivity index (χ2n) is 17.2. The Bertz CT molecular complexity index is 2460. The molecule has 6 aliphatic rings. The lowest BCUT2D eigenvalue weighted by atomic mass is 10.2. The monoisotopic (exact) mass is 806 g/mol. The van der Waals surface area contributed by atoms with Crippen LogP contribution in [-0.2, 0) is 4.74 Å². The molecule has 0 aromatic carbocycles. The molecule has 2 aliphatic carbocycles. The summed E-state index contributed by atoms with van der Waals surface area (Å²) in [6, 6.07) is 9.71. The molecular formula is C39H46N14O2S2. The minimum Gasteiger partial charge on any atom is -0.444 e. The summed E-state index contributed by atoms with van der Waals surface area (Å²) in [6.45, 7) is 9.08. The third kappa shape index (κ3) is 6.90. The summed E-state index contributed by atoms with van der Waals surface area (Å²) in [5.74, 6) is 6.08. The molecule has 18 heteroatoms. The highest BCUT2D eigenvalue weighted by Crippen LogP contribution is 2.42. The molecule has 10 heterocycles. The van der Waals surface area contributed by atoms with Crippen molar-refractivity contribution in [3.05, 3.63) is 46.4 Å². The first-order chi connectivity index (χ1) is 27.7. The number of H-pyrrole nitrogens is 2. The Balaban J connectivity index is 0.000000135. The number of fused-ring (bicyclic) bond motifs is 6. The molecule has 5 N–H and O–H groups in total. The molecule has 4 atom stereocenters. The van der Waals surface area contributed by atoms with Gasteiger partial charge in [-0.1, -0.05) is 0 Å². The highest BCUT2D eigenvalue weighted by molar-refractivity contribution is 7.18. The van der Waals surface area contributed by atoms with Crippen LogP contribution in [0.2, 0.25) is 0 Å². The summed E-state index contributed by atoms with van der Waals surface area (Å²) in [6.07, 6.45) is 6.86. The topological polar surface area (TPSA) is 181 Å². The lowest BCUT2D eigenvalue weighted by molar-refractivity contribution is 0.0214. The number of ether oxygens (including phenoxy) is 1. The minimum atomic E-state index is -0.488. The van der Waals surface area contributed by atoms with Crippen molar-refractivity contribution >= 4 is 84.4 Å². The predicted molar refractivity (Wildman–Crippen MR) is 223 cm³/mol. The molecule has 0 unspecified atom stereocenters. The third-order valence-electron chi connectivity index (χ3n) is 11.7. The summed E-state index contributed by atoms with van der Waals surface area (Å²) >= 11 is 3.29. The van der Waals surface area contributed by atoms with Crippen LogP contribution in [-0.4, -0.2) is 107 Å². The van der Waals surface area contributed by atoms with Crippen LogP contribution < -0.4 is 25.8 Å². The van der Waals surface area contributed by atoms with E-state index in [0.29, 0.717) is 43.0 Å². The van der Waals surface area contributed by atoms with Crippen LogP contribution in [0.3, 0.4) is 0 Å². The van der Waals surface area contributed by atoms with Crippen LogP contribution in [0.1, 0.15) is 82.5 Å². The van der Waals surface area contributed by atoms with E-state index in [2.05, 4.69) is 69.7 Å². The molecule has 0 spiro atoms. The van der Waals surface area contributed by atoms with Gasteiger partial charge in [0, 0.05) is 73.6 Å². The van der Waals surface area contributed by atoms with Crippen LogP contribution in [0.5, 0.6) is 0 Å². The van der Waals surface area contributed by atoms with Crippen LogP contribution in [0.25, 0.3) is 20.4 Å². The van der Waals surface area contributed by atoms with Gasteiger partial charge in [0.2, 0.25) is 11.9 Å². The smallest absolute Gasteiger partial charge is 0.410 e. The van der Waals surface area contributed by atoms with Gasteiger partial charge < -0.3 is 35.4 Å². The number of nitrogens with one attached hydrogen (secondary N) is 5. The van der Waals surface area contributed by atoms with Gasteiger partial charge in [0.05, 0.1) is 32.5 Å². The van der Waals surface area contributed by atoms with Gasteiger partial charge in [0.1, 0.15) is 5.60 Å². The summed E-state index contributed by atoms with van der Waals surface area (Å²) in [5, 5.41) is 29.6. The van der Waals surface area contributed by atoms with Gasteiger partial charge in [0.15, 0.2) is 23.3 Å². The maximum Gasteiger partial charge on any atom is 0.410 e. The molecular weight excluding hydrogens is 761 g/mol. The molecule has 1 amide bonds. The first-order valence-corrected chi connectivity index (χ1v) is 21.8. The van der Waals surface area contributed by atoms with Crippen molar-refractivity contribution in [3.63, 3.8) is 0 Å². The maximum atomic E-state index is 12.6. The number of anilines is 6. The van der Waals surface area contributed by atoms with Crippen molar-refractivity contribution in [1.29, 1.82) is 0 Å². The van der Waals surface area contributed by atoms with Crippen molar-refractivity contribution < 1.29 is 9.53 Å². The number of amides is 1.